The van der Waals surface area contributed by atoms with Crippen LogP contribution in [-0.4, -0.2) is 54.4 Å². The van der Waals surface area contributed by atoms with Crippen molar-refractivity contribution in [2.45, 2.75) is 6.92 Å². The Morgan fingerprint density at radius 1 is 1.10 bits per heavy atom. The zero-order chi connectivity index (χ0) is 20.8. The first-order chi connectivity index (χ1) is 14.0. The average molecular weight is 417 g/mol. The van der Waals surface area contributed by atoms with Crippen molar-refractivity contribution < 1.29 is 18.7 Å². The van der Waals surface area contributed by atoms with E-state index in [9.17, 15) is 14.0 Å². The van der Waals surface area contributed by atoms with Gasteiger partial charge in [0, 0.05) is 42.8 Å². The Kier molecular flexibility index (Phi) is 6.88. The van der Waals surface area contributed by atoms with Crippen LogP contribution < -0.4 is 4.74 Å². The molecule has 0 aromatic heterocycles. The molecule has 5 nitrogen and oxygen atoms in total. The van der Waals surface area contributed by atoms with Crippen LogP contribution in [0.3, 0.4) is 0 Å². The zero-order valence-corrected chi connectivity index (χ0v) is 16.9. The molecule has 0 N–H and O–H groups in total. The van der Waals surface area contributed by atoms with E-state index in [-0.39, 0.29) is 11.5 Å². The molecule has 2 aromatic rings. The molecule has 1 saturated heterocycles. The predicted octanol–water partition coefficient (Wildman–Crippen LogP) is 3.88. The maximum Gasteiger partial charge on any atom is 0.257 e. The predicted molar refractivity (Wildman–Crippen MR) is 111 cm³/mol. The molecule has 2 amide bonds. The third kappa shape index (κ3) is 5.15. The van der Waals surface area contributed by atoms with Crippen LogP contribution in [0, 0.1) is 5.82 Å². The van der Waals surface area contributed by atoms with Crippen molar-refractivity contribution in [1.82, 2.24) is 9.80 Å². The van der Waals surface area contributed by atoms with E-state index in [1.807, 2.05) is 31.2 Å². The largest absolute Gasteiger partial charge is 0.493 e. The van der Waals surface area contributed by atoms with Crippen LogP contribution in [0.25, 0.3) is 6.08 Å². The van der Waals surface area contributed by atoms with Crippen LogP contribution in [0.4, 0.5) is 4.39 Å². The van der Waals surface area contributed by atoms with Crippen molar-refractivity contribution in [2.24, 2.45) is 0 Å². The highest BCUT2D eigenvalue weighted by atomic mass is 35.5. The molecule has 1 fully saturated rings. The van der Waals surface area contributed by atoms with Gasteiger partial charge >= 0.3 is 0 Å². The third-order valence-electron chi connectivity index (χ3n) is 4.66. The van der Waals surface area contributed by atoms with Crippen LogP contribution in [0.2, 0.25) is 5.02 Å². The summed E-state index contributed by atoms with van der Waals surface area (Å²) >= 11 is 5.87. The second-order valence-corrected chi connectivity index (χ2v) is 6.98. The number of para-hydroxylation sites is 1. The maximum atomic E-state index is 13.9. The molecule has 1 aliphatic rings. The molecular weight excluding hydrogens is 395 g/mol. The molecule has 7 heteroatoms. The number of benzene rings is 2. The van der Waals surface area contributed by atoms with Crippen LogP contribution in [0.15, 0.2) is 48.5 Å². The number of nitrogens with zero attached hydrogens (tertiary/aromatic N) is 2. The van der Waals surface area contributed by atoms with E-state index in [0.717, 1.165) is 11.3 Å². The molecule has 152 valence electrons. The molecule has 2 aromatic carbocycles. The van der Waals surface area contributed by atoms with Gasteiger partial charge in [-0.25, -0.2) is 4.39 Å². The number of halogens is 2. The Labute approximate surface area is 174 Å². The van der Waals surface area contributed by atoms with Gasteiger partial charge in [0.25, 0.3) is 5.91 Å². The average Bonchev–Trinajstić information content (AvgIpc) is 2.74. The van der Waals surface area contributed by atoms with E-state index in [0.29, 0.717) is 37.8 Å². The number of rotatable bonds is 5. The van der Waals surface area contributed by atoms with E-state index in [1.165, 1.54) is 29.2 Å². The number of ether oxygens (including phenoxy) is 1. The fourth-order valence-electron chi connectivity index (χ4n) is 3.13. The standard InChI is InChI=1S/C22H22ClFN2O3/c1-2-29-20-6-4-3-5-16(20)7-10-21(27)25-11-13-26(14-12-25)22(28)18-15-17(23)8-9-19(18)24/h3-10,15H,2,11-14H2,1H3/b10-7+. The Bertz CT molecular complexity index is 924. The lowest BCUT2D eigenvalue weighted by molar-refractivity contribution is -0.127. The van der Waals surface area contributed by atoms with E-state index < -0.39 is 11.7 Å². The Morgan fingerprint density at radius 2 is 1.79 bits per heavy atom. The summed E-state index contributed by atoms with van der Waals surface area (Å²) in [5.41, 5.74) is 0.776. The van der Waals surface area contributed by atoms with Gasteiger partial charge in [-0.3, -0.25) is 9.59 Å². The minimum Gasteiger partial charge on any atom is -0.493 e. The first kappa shape index (κ1) is 20.9. The van der Waals surface area contributed by atoms with Crippen LogP contribution in [0.1, 0.15) is 22.8 Å². The van der Waals surface area contributed by atoms with Gasteiger partial charge in [0.2, 0.25) is 5.91 Å². The maximum absolute atomic E-state index is 13.9. The van der Waals surface area contributed by atoms with Crippen molar-refractivity contribution in [3.05, 3.63) is 70.5 Å². The van der Waals surface area contributed by atoms with E-state index in [2.05, 4.69) is 0 Å². The molecule has 0 saturated carbocycles. The van der Waals surface area contributed by atoms with Crippen molar-refractivity contribution in [3.63, 3.8) is 0 Å². The number of carbonyl (C=O) groups is 2. The fourth-order valence-corrected chi connectivity index (χ4v) is 3.31. The molecule has 1 heterocycles. The number of piperazine rings is 1. The lowest BCUT2D eigenvalue weighted by atomic mass is 10.1. The zero-order valence-electron chi connectivity index (χ0n) is 16.1. The Hall–Kier alpha value is -2.86. The number of hydrogen-bond acceptors (Lipinski definition) is 3. The normalized spacial score (nSPS) is 14.3. The van der Waals surface area contributed by atoms with Gasteiger partial charge in [-0.15, -0.1) is 0 Å². The van der Waals surface area contributed by atoms with Gasteiger partial charge in [0.1, 0.15) is 11.6 Å². The lowest BCUT2D eigenvalue weighted by Crippen LogP contribution is -2.50. The summed E-state index contributed by atoms with van der Waals surface area (Å²) in [6.45, 7) is 3.87. The SMILES string of the molecule is CCOc1ccccc1/C=C/C(=O)N1CCN(C(=O)c2cc(Cl)ccc2F)CC1. The van der Waals surface area contributed by atoms with Gasteiger partial charge in [-0.1, -0.05) is 29.8 Å². The summed E-state index contributed by atoms with van der Waals surface area (Å²) in [5.74, 6) is -0.442. The van der Waals surface area contributed by atoms with Gasteiger partial charge < -0.3 is 14.5 Å². The van der Waals surface area contributed by atoms with Crippen LogP contribution in [-0.2, 0) is 4.79 Å². The molecule has 0 unspecified atom stereocenters. The summed E-state index contributed by atoms with van der Waals surface area (Å²) in [7, 11) is 0. The van der Waals surface area contributed by atoms with Crippen LogP contribution >= 0.6 is 11.6 Å². The molecule has 0 aliphatic carbocycles. The van der Waals surface area contributed by atoms with Gasteiger partial charge in [0.05, 0.1) is 12.2 Å². The molecule has 0 atom stereocenters. The lowest BCUT2D eigenvalue weighted by Gasteiger charge is -2.34. The van der Waals surface area contributed by atoms with Crippen molar-refractivity contribution in [1.29, 1.82) is 0 Å². The second kappa shape index (κ2) is 9.56. The molecule has 0 bridgehead atoms. The molecule has 29 heavy (non-hydrogen) atoms. The summed E-state index contributed by atoms with van der Waals surface area (Å²) in [4.78, 5) is 28.3. The number of carbonyl (C=O) groups excluding carboxylic acids is 2. The smallest absolute Gasteiger partial charge is 0.257 e. The first-order valence-corrected chi connectivity index (χ1v) is 9.80. The first-order valence-electron chi connectivity index (χ1n) is 9.42. The summed E-state index contributed by atoms with van der Waals surface area (Å²) in [5, 5.41) is 0.307. The van der Waals surface area contributed by atoms with Crippen molar-refractivity contribution >= 4 is 29.5 Å². The van der Waals surface area contributed by atoms with Crippen molar-refractivity contribution in [3.8, 4) is 5.75 Å². The minimum atomic E-state index is -0.603. The molecule has 3 rings (SSSR count). The monoisotopic (exact) mass is 416 g/mol. The van der Waals surface area contributed by atoms with Crippen molar-refractivity contribution in [2.75, 3.05) is 32.8 Å². The van der Waals surface area contributed by atoms with Crippen LogP contribution in [0.5, 0.6) is 5.75 Å². The molecule has 1 aliphatic heterocycles. The summed E-state index contributed by atoms with van der Waals surface area (Å²) in [6, 6.07) is 11.4. The second-order valence-electron chi connectivity index (χ2n) is 6.55. The summed E-state index contributed by atoms with van der Waals surface area (Å²) in [6.07, 6.45) is 3.23. The number of hydrogen-bond donors (Lipinski definition) is 0. The van der Waals surface area contributed by atoms with Gasteiger partial charge in [-0.05, 0) is 37.3 Å². The van der Waals surface area contributed by atoms with Gasteiger partial charge in [-0.2, -0.15) is 0 Å². The third-order valence-corrected chi connectivity index (χ3v) is 4.90. The highest BCUT2D eigenvalue weighted by Crippen LogP contribution is 2.20. The fraction of sp³-hybridized carbons (Fsp3) is 0.273. The molecule has 0 radical (unpaired) electrons. The quantitative estimate of drug-likeness (QED) is 0.695. The summed E-state index contributed by atoms with van der Waals surface area (Å²) < 4.78 is 19.5. The molecule has 0 spiro atoms. The molecular formula is C22H22ClFN2O3. The Morgan fingerprint density at radius 3 is 2.52 bits per heavy atom. The highest BCUT2D eigenvalue weighted by molar-refractivity contribution is 6.31. The van der Waals surface area contributed by atoms with E-state index in [1.54, 1.807) is 11.0 Å². The topological polar surface area (TPSA) is 49.9 Å². The Balaban J connectivity index is 1.60. The van der Waals surface area contributed by atoms with Gasteiger partial charge in [0.15, 0.2) is 0 Å². The van der Waals surface area contributed by atoms with E-state index in [4.69, 9.17) is 16.3 Å². The number of amides is 2. The minimum absolute atomic E-state index is 0.0512. The van der Waals surface area contributed by atoms with E-state index >= 15 is 0 Å². The highest BCUT2D eigenvalue weighted by Gasteiger charge is 2.25.